The maximum atomic E-state index is 10.7. The van der Waals surface area contributed by atoms with Crippen LogP contribution in [0.15, 0.2) is 0 Å². The molecule has 0 N–H and O–H groups in total. The summed E-state index contributed by atoms with van der Waals surface area (Å²) in [5, 5.41) is 0. The largest absolute Gasteiger partial charge is 0.448 e. The first-order chi connectivity index (χ1) is 6.34. The van der Waals surface area contributed by atoms with Crippen LogP contribution in [0.4, 0.5) is 0 Å². The molecule has 0 aromatic carbocycles. The van der Waals surface area contributed by atoms with E-state index < -0.39 is 24.1 Å². The van der Waals surface area contributed by atoms with E-state index in [1.54, 1.807) is 0 Å². The van der Waals surface area contributed by atoms with Crippen molar-refractivity contribution in [2.24, 2.45) is 0 Å². The Morgan fingerprint density at radius 3 is 1.43 bits per heavy atom. The van der Waals surface area contributed by atoms with Crippen molar-refractivity contribution in [3.8, 4) is 0 Å². The Labute approximate surface area is 82.4 Å². The van der Waals surface area contributed by atoms with E-state index in [9.17, 15) is 14.4 Å². The minimum absolute atomic E-state index is 0.167. The van der Waals surface area contributed by atoms with Crippen LogP contribution in [0.3, 0.4) is 0 Å². The summed E-state index contributed by atoms with van der Waals surface area (Å²) < 4.78 is 9.19. The Balaban J connectivity index is 0.000000364. The number of rotatable bonds is 0. The van der Waals surface area contributed by atoms with Gasteiger partial charge in [-0.05, 0) is 27.7 Å². The summed E-state index contributed by atoms with van der Waals surface area (Å²) in [5.74, 6) is -0.792. The van der Waals surface area contributed by atoms with Gasteiger partial charge >= 0.3 is 11.9 Å². The van der Waals surface area contributed by atoms with Gasteiger partial charge in [0.05, 0.1) is 0 Å². The number of ketones is 1. The highest BCUT2D eigenvalue weighted by molar-refractivity contribution is 5.86. The van der Waals surface area contributed by atoms with Gasteiger partial charge in [-0.15, -0.1) is 0 Å². The van der Waals surface area contributed by atoms with Crippen LogP contribution in [0, 0.1) is 0 Å². The van der Waals surface area contributed by atoms with Crippen LogP contribution in [0.2, 0.25) is 0 Å². The molecule has 2 unspecified atom stereocenters. The minimum atomic E-state index is -0.747. The second-order valence-corrected chi connectivity index (χ2v) is 3.07. The van der Waals surface area contributed by atoms with E-state index in [1.807, 2.05) is 0 Å². The number of carbonyl (C=O) groups is 3. The van der Waals surface area contributed by atoms with Crippen LogP contribution in [-0.4, -0.2) is 29.9 Å². The molecule has 5 nitrogen and oxygen atoms in total. The summed E-state index contributed by atoms with van der Waals surface area (Å²) in [6.07, 6.45) is -1.49. The summed E-state index contributed by atoms with van der Waals surface area (Å²) in [6, 6.07) is 0. The quantitative estimate of drug-likeness (QED) is 0.534. The van der Waals surface area contributed by atoms with Gasteiger partial charge in [-0.2, -0.15) is 0 Å². The molecule has 0 aromatic heterocycles. The van der Waals surface area contributed by atoms with Gasteiger partial charge in [0.1, 0.15) is 5.78 Å². The van der Waals surface area contributed by atoms with E-state index in [1.165, 1.54) is 27.7 Å². The molecule has 0 amide bonds. The lowest BCUT2D eigenvalue weighted by atomic mass is 10.3. The highest BCUT2D eigenvalue weighted by Crippen LogP contribution is 2.08. The highest BCUT2D eigenvalue weighted by atomic mass is 16.6. The van der Waals surface area contributed by atoms with E-state index in [2.05, 4.69) is 9.47 Å². The third-order valence-electron chi connectivity index (χ3n) is 1.25. The van der Waals surface area contributed by atoms with Gasteiger partial charge < -0.3 is 14.3 Å². The average molecular weight is 202 g/mol. The molecule has 80 valence electrons. The van der Waals surface area contributed by atoms with E-state index in [4.69, 9.17) is 0 Å². The Hall–Kier alpha value is -1.39. The number of carbonyl (C=O) groups excluding carboxylic acids is 3. The van der Waals surface area contributed by atoms with Gasteiger partial charge in [-0.25, -0.2) is 9.59 Å². The number of hydrogen-bond acceptors (Lipinski definition) is 5. The standard InChI is InChI=1S/C6H8O4.C3H6O/c1-3-5(7)10-4(2)6(8)9-3;1-3(2)4/h3-4H,1-2H3;1-2H3. The van der Waals surface area contributed by atoms with Crippen molar-refractivity contribution in [3.05, 3.63) is 0 Å². The second kappa shape index (κ2) is 5.36. The summed E-state index contributed by atoms with van der Waals surface area (Å²) in [6.45, 7) is 6.01. The summed E-state index contributed by atoms with van der Waals surface area (Å²) >= 11 is 0. The molecule has 0 bridgehead atoms. The number of Topliss-reactive ketones (excluding diaryl/α,β-unsaturated/α-hetero) is 1. The van der Waals surface area contributed by atoms with Crippen LogP contribution in [-0.2, 0) is 23.9 Å². The number of hydrogen-bond donors (Lipinski definition) is 0. The molecule has 1 saturated heterocycles. The summed E-state index contributed by atoms with van der Waals surface area (Å²) in [4.78, 5) is 30.7. The predicted molar refractivity (Wildman–Crippen MR) is 47.5 cm³/mol. The van der Waals surface area contributed by atoms with E-state index in [0.717, 1.165) is 0 Å². The van der Waals surface area contributed by atoms with Gasteiger partial charge in [0.2, 0.25) is 0 Å². The van der Waals surface area contributed by atoms with Crippen molar-refractivity contribution in [1.82, 2.24) is 0 Å². The minimum Gasteiger partial charge on any atom is -0.448 e. The Morgan fingerprint density at radius 1 is 1.00 bits per heavy atom. The number of ether oxygens (including phenoxy) is 2. The van der Waals surface area contributed by atoms with Crippen LogP contribution in [0.25, 0.3) is 0 Å². The molecule has 0 aliphatic carbocycles. The first-order valence-corrected chi connectivity index (χ1v) is 4.22. The van der Waals surface area contributed by atoms with Crippen LogP contribution < -0.4 is 0 Å². The van der Waals surface area contributed by atoms with E-state index in [-0.39, 0.29) is 5.78 Å². The molecular weight excluding hydrogens is 188 g/mol. The highest BCUT2D eigenvalue weighted by Gasteiger charge is 2.32. The van der Waals surface area contributed by atoms with Gasteiger partial charge in [0.15, 0.2) is 12.2 Å². The van der Waals surface area contributed by atoms with E-state index >= 15 is 0 Å². The molecule has 14 heavy (non-hydrogen) atoms. The zero-order valence-electron chi connectivity index (χ0n) is 8.70. The topological polar surface area (TPSA) is 69.7 Å². The normalized spacial score (nSPS) is 25.4. The van der Waals surface area contributed by atoms with Gasteiger partial charge in [0, 0.05) is 0 Å². The van der Waals surface area contributed by atoms with Gasteiger partial charge in [0.25, 0.3) is 0 Å². The monoisotopic (exact) mass is 202 g/mol. The molecule has 0 aromatic rings. The first kappa shape index (κ1) is 12.6. The molecule has 1 heterocycles. The van der Waals surface area contributed by atoms with Gasteiger partial charge in [-0.1, -0.05) is 0 Å². The Kier molecular flexibility index (Phi) is 4.83. The third kappa shape index (κ3) is 4.59. The van der Waals surface area contributed by atoms with Crippen LogP contribution in [0.1, 0.15) is 27.7 Å². The fourth-order valence-corrected chi connectivity index (χ4v) is 0.636. The van der Waals surface area contributed by atoms with Crippen molar-refractivity contribution >= 4 is 17.7 Å². The van der Waals surface area contributed by atoms with Gasteiger partial charge in [-0.3, -0.25) is 0 Å². The van der Waals surface area contributed by atoms with Crippen LogP contribution >= 0.6 is 0 Å². The van der Waals surface area contributed by atoms with E-state index in [0.29, 0.717) is 0 Å². The summed E-state index contributed by atoms with van der Waals surface area (Å²) in [7, 11) is 0. The average Bonchev–Trinajstić information content (AvgIpc) is 2.00. The number of esters is 2. The van der Waals surface area contributed by atoms with Crippen molar-refractivity contribution in [2.45, 2.75) is 39.9 Å². The molecular formula is C9H14O5. The Bertz CT molecular complexity index is 222. The lowest BCUT2D eigenvalue weighted by Gasteiger charge is -2.22. The molecule has 1 fully saturated rings. The number of cyclic esters (lactones) is 2. The maximum absolute atomic E-state index is 10.7. The van der Waals surface area contributed by atoms with Crippen LogP contribution in [0.5, 0.6) is 0 Å². The maximum Gasteiger partial charge on any atom is 0.347 e. The molecule has 2 atom stereocenters. The van der Waals surface area contributed by atoms with Crippen molar-refractivity contribution < 1.29 is 23.9 Å². The first-order valence-electron chi connectivity index (χ1n) is 4.22. The Morgan fingerprint density at radius 2 is 1.21 bits per heavy atom. The molecule has 0 radical (unpaired) electrons. The lowest BCUT2D eigenvalue weighted by Crippen LogP contribution is -2.40. The molecule has 1 aliphatic rings. The molecule has 1 aliphatic heterocycles. The van der Waals surface area contributed by atoms with Crippen molar-refractivity contribution in [3.63, 3.8) is 0 Å². The zero-order chi connectivity index (χ0) is 11.3. The smallest absolute Gasteiger partial charge is 0.347 e. The fourth-order valence-electron chi connectivity index (χ4n) is 0.636. The predicted octanol–water partition coefficient (Wildman–Crippen LogP) is 0.459. The fraction of sp³-hybridized carbons (Fsp3) is 0.667. The van der Waals surface area contributed by atoms with Crippen molar-refractivity contribution in [1.29, 1.82) is 0 Å². The molecule has 0 saturated carbocycles. The third-order valence-corrected chi connectivity index (χ3v) is 1.25. The molecule has 1 rings (SSSR count). The second-order valence-electron chi connectivity index (χ2n) is 3.07. The molecule has 0 spiro atoms. The SMILES string of the molecule is CC(C)=O.CC1OC(=O)C(C)OC1=O. The zero-order valence-corrected chi connectivity index (χ0v) is 8.70. The van der Waals surface area contributed by atoms with Crippen molar-refractivity contribution in [2.75, 3.05) is 0 Å². The lowest BCUT2D eigenvalue weighted by molar-refractivity contribution is -0.191. The summed E-state index contributed by atoms with van der Waals surface area (Å²) in [5.41, 5.74) is 0. The molecule has 5 heteroatoms.